The van der Waals surface area contributed by atoms with Gasteiger partial charge in [0.2, 0.25) is 5.95 Å². The number of likely N-dealkylation sites (tertiary alicyclic amines) is 1. The Hall–Kier alpha value is -3.18. The predicted octanol–water partition coefficient (Wildman–Crippen LogP) is 1.60. The molecule has 0 saturated carbocycles. The quantitative estimate of drug-likeness (QED) is 0.793. The van der Waals surface area contributed by atoms with E-state index in [1.807, 2.05) is 4.90 Å². The van der Waals surface area contributed by atoms with E-state index >= 15 is 0 Å². The Morgan fingerprint density at radius 3 is 2.48 bits per heavy atom. The van der Waals surface area contributed by atoms with Crippen LogP contribution in [0.4, 0.5) is 5.95 Å². The Morgan fingerprint density at radius 1 is 1.10 bits per heavy atom. The highest BCUT2D eigenvalue weighted by molar-refractivity contribution is 5.94. The van der Waals surface area contributed by atoms with E-state index in [0.29, 0.717) is 43.4 Å². The highest BCUT2D eigenvalue weighted by atomic mass is 16.5. The number of aromatic amines is 1. The molecule has 160 valence electrons. The van der Waals surface area contributed by atoms with E-state index in [-0.39, 0.29) is 16.9 Å². The van der Waals surface area contributed by atoms with Crippen molar-refractivity contribution in [2.45, 2.75) is 31.1 Å². The lowest BCUT2D eigenvalue weighted by atomic mass is 9.76. The largest absolute Gasteiger partial charge is 0.378 e. The van der Waals surface area contributed by atoms with Crippen LogP contribution in [0, 0.1) is 11.3 Å². The molecule has 0 bridgehead atoms. The van der Waals surface area contributed by atoms with Crippen LogP contribution >= 0.6 is 0 Å². The average molecular weight is 419 g/mol. The fraction of sp³-hybridized carbons (Fsp3) is 0.478. The summed E-state index contributed by atoms with van der Waals surface area (Å²) in [6.45, 7) is 4.00. The number of nitrogens with one attached hydrogen (secondary N) is 1. The van der Waals surface area contributed by atoms with Crippen LogP contribution in [0.25, 0.3) is 0 Å². The Bertz CT molecular complexity index is 1090. The van der Waals surface area contributed by atoms with Gasteiger partial charge in [-0.25, -0.2) is 4.98 Å². The molecule has 5 rings (SSSR count). The minimum Gasteiger partial charge on any atom is -0.378 e. The molecule has 0 unspecified atom stereocenters. The predicted molar refractivity (Wildman–Crippen MR) is 114 cm³/mol. The van der Waals surface area contributed by atoms with Crippen LogP contribution in [0.2, 0.25) is 0 Å². The third-order valence-electron chi connectivity index (χ3n) is 6.94. The lowest BCUT2D eigenvalue weighted by Crippen LogP contribution is -2.45. The number of carbonyl (C=O) groups is 1. The first-order valence-electron chi connectivity index (χ1n) is 10.9. The SMILES string of the molecule is N#Cc1ccc(C(=O)N2CCC3(CCc4c3nc(N3CCOCC3)[nH]c4=O)CC2)cc1. The van der Waals surface area contributed by atoms with Crippen molar-refractivity contribution in [2.24, 2.45) is 0 Å². The summed E-state index contributed by atoms with van der Waals surface area (Å²) >= 11 is 0. The molecule has 2 aromatic rings. The minimum atomic E-state index is -0.133. The van der Waals surface area contributed by atoms with Gasteiger partial charge in [-0.3, -0.25) is 14.6 Å². The van der Waals surface area contributed by atoms with Gasteiger partial charge in [-0.15, -0.1) is 0 Å². The minimum absolute atomic E-state index is 0.00886. The monoisotopic (exact) mass is 419 g/mol. The van der Waals surface area contributed by atoms with Gasteiger partial charge in [0, 0.05) is 42.7 Å². The van der Waals surface area contributed by atoms with Gasteiger partial charge in [-0.05, 0) is 49.9 Å². The third-order valence-corrected chi connectivity index (χ3v) is 6.94. The van der Waals surface area contributed by atoms with Gasteiger partial charge in [-0.1, -0.05) is 0 Å². The number of rotatable bonds is 2. The molecule has 8 nitrogen and oxygen atoms in total. The van der Waals surface area contributed by atoms with Crippen molar-refractivity contribution in [3.63, 3.8) is 0 Å². The molecule has 1 aromatic heterocycles. The van der Waals surface area contributed by atoms with Crippen molar-refractivity contribution in [3.05, 3.63) is 57.0 Å². The van der Waals surface area contributed by atoms with Crippen LogP contribution in [0.1, 0.15) is 46.4 Å². The van der Waals surface area contributed by atoms with Gasteiger partial charge >= 0.3 is 0 Å². The number of nitriles is 1. The Balaban J connectivity index is 1.35. The van der Waals surface area contributed by atoms with Crippen molar-refractivity contribution in [2.75, 3.05) is 44.3 Å². The molecule has 1 amide bonds. The number of aromatic nitrogens is 2. The fourth-order valence-electron chi connectivity index (χ4n) is 5.06. The van der Waals surface area contributed by atoms with E-state index in [2.05, 4.69) is 16.0 Å². The standard InChI is InChI=1S/C23H25N5O3/c24-15-16-1-3-17(4-2-16)21(30)27-9-7-23(8-10-27)6-5-18-19(23)25-22(26-20(18)29)28-11-13-31-14-12-28/h1-4H,5-14H2,(H,25,26,29). The van der Waals surface area contributed by atoms with Gasteiger partial charge in [-0.2, -0.15) is 5.26 Å². The Kier molecular flexibility index (Phi) is 4.98. The van der Waals surface area contributed by atoms with Gasteiger partial charge in [0.25, 0.3) is 11.5 Å². The lowest BCUT2D eigenvalue weighted by Gasteiger charge is -2.39. The Morgan fingerprint density at radius 2 is 1.81 bits per heavy atom. The summed E-state index contributed by atoms with van der Waals surface area (Å²) < 4.78 is 5.42. The number of H-pyrrole nitrogens is 1. The summed E-state index contributed by atoms with van der Waals surface area (Å²) in [6.07, 6.45) is 3.26. The number of carbonyl (C=O) groups excluding carboxylic acids is 1. The molecule has 1 spiro atoms. The maximum absolute atomic E-state index is 12.9. The molecule has 31 heavy (non-hydrogen) atoms. The number of fused-ring (bicyclic) bond motifs is 2. The summed E-state index contributed by atoms with van der Waals surface area (Å²) in [5.74, 6) is 0.634. The molecule has 0 radical (unpaired) electrons. The molecular weight excluding hydrogens is 394 g/mol. The van der Waals surface area contributed by atoms with Gasteiger partial charge < -0.3 is 14.5 Å². The maximum atomic E-state index is 12.9. The molecule has 8 heteroatoms. The number of hydrogen-bond acceptors (Lipinski definition) is 6. The third kappa shape index (κ3) is 3.49. The molecular formula is C23H25N5O3. The molecule has 2 fully saturated rings. The van der Waals surface area contributed by atoms with E-state index < -0.39 is 0 Å². The van der Waals surface area contributed by atoms with Gasteiger partial charge in [0.15, 0.2) is 0 Å². The molecule has 3 heterocycles. The number of morpholine rings is 1. The first-order chi connectivity index (χ1) is 15.1. The lowest BCUT2D eigenvalue weighted by molar-refractivity contribution is 0.0663. The van der Waals surface area contributed by atoms with Crippen molar-refractivity contribution in [1.29, 1.82) is 5.26 Å². The topological polar surface area (TPSA) is 102 Å². The second-order valence-corrected chi connectivity index (χ2v) is 8.58. The van der Waals surface area contributed by atoms with Crippen molar-refractivity contribution in [3.8, 4) is 6.07 Å². The Labute approximate surface area is 180 Å². The van der Waals surface area contributed by atoms with Crippen LogP contribution in [-0.2, 0) is 16.6 Å². The van der Waals surface area contributed by atoms with Crippen molar-refractivity contribution < 1.29 is 9.53 Å². The summed E-state index contributed by atoms with van der Waals surface area (Å²) in [7, 11) is 0. The zero-order valence-electron chi connectivity index (χ0n) is 17.4. The highest BCUT2D eigenvalue weighted by Gasteiger charge is 2.45. The number of nitrogens with zero attached hydrogens (tertiary/aromatic N) is 4. The molecule has 1 N–H and O–H groups in total. The molecule has 1 aliphatic carbocycles. The number of hydrogen-bond donors (Lipinski definition) is 1. The van der Waals surface area contributed by atoms with Gasteiger partial charge in [0.1, 0.15) is 0 Å². The molecule has 2 aliphatic heterocycles. The van der Waals surface area contributed by atoms with Crippen molar-refractivity contribution in [1.82, 2.24) is 14.9 Å². The fourth-order valence-corrected chi connectivity index (χ4v) is 5.06. The van der Waals surface area contributed by atoms with E-state index in [4.69, 9.17) is 15.0 Å². The number of amides is 1. The molecule has 2 saturated heterocycles. The van der Waals surface area contributed by atoms with E-state index in [1.165, 1.54) is 0 Å². The van der Waals surface area contributed by atoms with Crippen LogP contribution in [0.15, 0.2) is 29.1 Å². The first-order valence-corrected chi connectivity index (χ1v) is 10.9. The number of anilines is 1. The second kappa shape index (κ2) is 7.82. The van der Waals surface area contributed by atoms with Crippen LogP contribution in [-0.4, -0.2) is 60.2 Å². The zero-order valence-corrected chi connectivity index (χ0v) is 17.4. The van der Waals surface area contributed by atoms with Crippen LogP contribution in [0.3, 0.4) is 0 Å². The summed E-state index contributed by atoms with van der Waals surface area (Å²) in [4.78, 5) is 37.6. The molecule has 3 aliphatic rings. The molecule has 0 atom stereocenters. The van der Waals surface area contributed by atoms with E-state index in [1.54, 1.807) is 24.3 Å². The number of ether oxygens (including phenoxy) is 1. The van der Waals surface area contributed by atoms with Crippen molar-refractivity contribution >= 4 is 11.9 Å². The number of piperidine rings is 1. The maximum Gasteiger partial charge on any atom is 0.255 e. The van der Waals surface area contributed by atoms with Crippen LogP contribution < -0.4 is 10.5 Å². The van der Waals surface area contributed by atoms with Gasteiger partial charge in [0.05, 0.1) is 30.5 Å². The normalized spacial score (nSPS) is 19.8. The number of benzene rings is 1. The first kappa shape index (κ1) is 19.8. The second-order valence-electron chi connectivity index (χ2n) is 8.58. The van der Waals surface area contributed by atoms with E-state index in [0.717, 1.165) is 50.0 Å². The highest BCUT2D eigenvalue weighted by Crippen LogP contribution is 2.44. The molecule has 1 aromatic carbocycles. The summed E-state index contributed by atoms with van der Waals surface area (Å²) in [5, 5.41) is 8.95. The van der Waals surface area contributed by atoms with E-state index in [9.17, 15) is 9.59 Å². The van der Waals surface area contributed by atoms with Crippen LogP contribution in [0.5, 0.6) is 0 Å². The zero-order chi connectivity index (χ0) is 21.4. The summed E-state index contributed by atoms with van der Waals surface area (Å²) in [6, 6.07) is 8.86. The average Bonchev–Trinajstić information content (AvgIpc) is 3.18. The summed E-state index contributed by atoms with van der Waals surface area (Å²) in [5.41, 5.74) is 2.73. The smallest absolute Gasteiger partial charge is 0.255 e.